The number of benzene rings is 1. The zero-order chi connectivity index (χ0) is 12.0. The van der Waals surface area contributed by atoms with Gasteiger partial charge in [-0.1, -0.05) is 12.1 Å². The lowest BCUT2D eigenvalue weighted by Crippen LogP contribution is -2.18. The molecule has 0 saturated carbocycles. The Balaban J connectivity index is 2.59. The van der Waals surface area contributed by atoms with Crippen LogP contribution < -0.4 is 11.1 Å². The first-order chi connectivity index (χ1) is 7.63. The molecule has 1 rings (SSSR count). The summed E-state index contributed by atoms with van der Waals surface area (Å²) in [7, 11) is 0. The van der Waals surface area contributed by atoms with Crippen LogP contribution in [-0.2, 0) is 9.53 Å². The van der Waals surface area contributed by atoms with E-state index in [4.69, 9.17) is 10.5 Å². The number of amides is 1. The van der Waals surface area contributed by atoms with Crippen molar-refractivity contribution in [3.63, 3.8) is 0 Å². The van der Waals surface area contributed by atoms with Gasteiger partial charge in [-0.25, -0.2) is 0 Å². The van der Waals surface area contributed by atoms with Crippen LogP contribution in [0.1, 0.15) is 25.5 Å². The molecule has 0 aliphatic carbocycles. The monoisotopic (exact) mass is 222 g/mol. The maximum Gasteiger partial charge on any atom is 0.250 e. The van der Waals surface area contributed by atoms with Crippen LogP contribution in [-0.4, -0.2) is 19.1 Å². The minimum absolute atomic E-state index is 0.0382. The predicted octanol–water partition coefficient (Wildman–Crippen LogP) is 1.68. The third-order valence-electron chi connectivity index (χ3n) is 2.13. The highest BCUT2D eigenvalue weighted by atomic mass is 16.5. The largest absolute Gasteiger partial charge is 0.372 e. The lowest BCUT2D eigenvalue weighted by atomic mass is 10.1. The van der Waals surface area contributed by atoms with Crippen molar-refractivity contribution in [3.05, 3.63) is 29.8 Å². The second-order valence-corrected chi connectivity index (χ2v) is 3.60. The van der Waals surface area contributed by atoms with Gasteiger partial charge < -0.3 is 15.8 Å². The van der Waals surface area contributed by atoms with Gasteiger partial charge in [0, 0.05) is 18.3 Å². The summed E-state index contributed by atoms with van der Waals surface area (Å²) < 4.78 is 5.01. The lowest BCUT2D eigenvalue weighted by molar-refractivity contribution is -0.120. The molecule has 16 heavy (non-hydrogen) atoms. The number of ether oxygens (including phenoxy) is 1. The molecule has 1 aromatic rings. The van der Waals surface area contributed by atoms with Crippen molar-refractivity contribution in [1.82, 2.24) is 0 Å². The first-order valence-electron chi connectivity index (χ1n) is 5.36. The summed E-state index contributed by atoms with van der Waals surface area (Å²) in [5.41, 5.74) is 7.50. The molecular weight excluding hydrogens is 204 g/mol. The number of nitrogens with two attached hydrogens (primary N) is 1. The Morgan fingerprint density at radius 2 is 2.31 bits per heavy atom. The van der Waals surface area contributed by atoms with E-state index in [1.165, 1.54) is 0 Å². The molecule has 0 fully saturated rings. The van der Waals surface area contributed by atoms with Gasteiger partial charge in [0.05, 0.1) is 0 Å². The Kier molecular flexibility index (Phi) is 4.95. The van der Waals surface area contributed by atoms with Crippen LogP contribution in [0.3, 0.4) is 0 Å². The van der Waals surface area contributed by atoms with Crippen LogP contribution in [0.25, 0.3) is 0 Å². The van der Waals surface area contributed by atoms with Crippen LogP contribution in [0.2, 0.25) is 0 Å². The SMILES string of the molecule is CCOCC(=O)Nc1cccc(C(C)N)c1. The number of hydrogen-bond acceptors (Lipinski definition) is 3. The van der Waals surface area contributed by atoms with E-state index in [0.717, 1.165) is 11.3 Å². The third kappa shape index (κ3) is 4.00. The minimum atomic E-state index is -0.149. The molecule has 0 aliphatic rings. The van der Waals surface area contributed by atoms with Gasteiger partial charge in [-0.3, -0.25) is 4.79 Å². The van der Waals surface area contributed by atoms with Crippen molar-refractivity contribution < 1.29 is 9.53 Å². The maximum atomic E-state index is 11.4. The Bertz CT molecular complexity index is 351. The van der Waals surface area contributed by atoms with Crippen molar-refractivity contribution in [2.24, 2.45) is 5.73 Å². The molecule has 4 heteroatoms. The van der Waals surface area contributed by atoms with Gasteiger partial charge >= 0.3 is 0 Å². The molecule has 1 atom stereocenters. The minimum Gasteiger partial charge on any atom is -0.372 e. The number of rotatable bonds is 5. The average molecular weight is 222 g/mol. The smallest absolute Gasteiger partial charge is 0.250 e. The highest BCUT2D eigenvalue weighted by molar-refractivity contribution is 5.91. The number of hydrogen-bond donors (Lipinski definition) is 2. The lowest BCUT2D eigenvalue weighted by Gasteiger charge is -2.09. The van der Waals surface area contributed by atoms with E-state index in [1.54, 1.807) is 0 Å². The summed E-state index contributed by atoms with van der Waals surface area (Å²) in [4.78, 5) is 11.4. The summed E-state index contributed by atoms with van der Waals surface area (Å²) in [6, 6.07) is 7.46. The molecule has 1 amide bonds. The molecule has 4 nitrogen and oxygen atoms in total. The van der Waals surface area contributed by atoms with Crippen molar-refractivity contribution in [1.29, 1.82) is 0 Å². The van der Waals surface area contributed by atoms with Gasteiger partial charge in [0.25, 0.3) is 0 Å². The molecule has 0 radical (unpaired) electrons. The molecule has 0 spiro atoms. The topological polar surface area (TPSA) is 64.3 Å². The zero-order valence-electron chi connectivity index (χ0n) is 9.69. The average Bonchev–Trinajstić information content (AvgIpc) is 2.26. The first kappa shape index (κ1) is 12.7. The summed E-state index contributed by atoms with van der Waals surface area (Å²) in [6.45, 7) is 4.37. The maximum absolute atomic E-state index is 11.4. The number of carbonyl (C=O) groups excluding carboxylic acids is 1. The Hall–Kier alpha value is -1.39. The summed E-state index contributed by atoms with van der Waals surface area (Å²) in [5, 5.41) is 2.75. The quantitative estimate of drug-likeness (QED) is 0.796. The number of carbonyl (C=O) groups is 1. The first-order valence-corrected chi connectivity index (χ1v) is 5.36. The van der Waals surface area contributed by atoms with Crippen LogP contribution >= 0.6 is 0 Å². The Labute approximate surface area is 95.8 Å². The number of nitrogens with one attached hydrogen (secondary N) is 1. The Morgan fingerprint density at radius 3 is 2.94 bits per heavy atom. The molecule has 1 unspecified atom stereocenters. The summed E-state index contributed by atoms with van der Waals surface area (Å²) in [5.74, 6) is -0.149. The fourth-order valence-electron chi connectivity index (χ4n) is 1.29. The van der Waals surface area contributed by atoms with Crippen LogP contribution in [0, 0.1) is 0 Å². The fourth-order valence-corrected chi connectivity index (χ4v) is 1.29. The molecule has 0 bridgehead atoms. The van der Waals surface area contributed by atoms with Gasteiger partial charge in [-0.2, -0.15) is 0 Å². The van der Waals surface area contributed by atoms with Crippen molar-refractivity contribution >= 4 is 11.6 Å². The van der Waals surface area contributed by atoms with E-state index in [-0.39, 0.29) is 18.6 Å². The summed E-state index contributed by atoms with van der Waals surface area (Å²) >= 11 is 0. The molecular formula is C12H18N2O2. The van der Waals surface area contributed by atoms with Crippen LogP contribution in [0.4, 0.5) is 5.69 Å². The molecule has 0 aliphatic heterocycles. The Morgan fingerprint density at radius 1 is 1.56 bits per heavy atom. The fraction of sp³-hybridized carbons (Fsp3) is 0.417. The molecule has 88 valence electrons. The highest BCUT2D eigenvalue weighted by Gasteiger charge is 2.04. The summed E-state index contributed by atoms with van der Waals surface area (Å²) in [6.07, 6.45) is 0. The van der Waals surface area contributed by atoms with Gasteiger partial charge in [-0.05, 0) is 31.5 Å². The molecule has 3 N–H and O–H groups in total. The van der Waals surface area contributed by atoms with E-state index in [9.17, 15) is 4.79 Å². The highest BCUT2D eigenvalue weighted by Crippen LogP contribution is 2.15. The van der Waals surface area contributed by atoms with Gasteiger partial charge in [0.2, 0.25) is 5.91 Å². The van der Waals surface area contributed by atoms with E-state index >= 15 is 0 Å². The van der Waals surface area contributed by atoms with Crippen molar-refractivity contribution in [3.8, 4) is 0 Å². The predicted molar refractivity (Wildman–Crippen MR) is 64.2 cm³/mol. The number of anilines is 1. The van der Waals surface area contributed by atoms with Crippen LogP contribution in [0.15, 0.2) is 24.3 Å². The van der Waals surface area contributed by atoms with E-state index in [1.807, 2.05) is 38.1 Å². The standard InChI is InChI=1S/C12H18N2O2/c1-3-16-8-12(15)14-11-6-4-5-10(7-11)9(2)13/h4-7,9H,3,8,13H2,1-2H3,(H,14,15). The second-order valence-electron chi connectivity index (χ2n) is 3.60. The van der Waals surface area contributed by atoms with E-state index < -0.39 is 0 Å². The zero-order valence-corrected chi connectivity index (χ0v) is 9.69. The van der Waals surface area contributed by atoms with Gasteiger partial charge in [0.15, 0.2) is 0 Å². The molecule has 0 saturated heterocycles. The van der Waals surface area contributed by atoms with E-state index in [0.29, 0.717) is 6.61 Å². The molecule has 1 aromatic carbocycles. The molecule has 0 heterocycles. The van der Waals surface area contributed by atoms with Gasteiger partial charge in [0.1, 0.15) is 6.61 Å². The second kappa shape index (κ2) is 6.25. The van der Waals surface area contributed by atoms with Crippen LogP contribution in [0.5, 0.6) is 0 Å². The van der Waals surface area contributed by atoms with Gasteiger partial charge in [-0.15, -0.1) is 0 Å². The van der Waals surface area contributed by atoms with Crippen molar-refractivity contribution in [2.45, 2.75) is 19.9 Å². The normalized spacial score (nSPS) is 12.2. The van der Waals surface area contributed by atoms with Crippen molar-refractivity contribution in [2.75, 3.05) is 18.5 Å². The van der Waals surface area contributed by atoms with E-state index in [2.05, 4.69) is 5.32 Å². The molecule has 0 aromatic heterocycles. The third-order valence-corrected chi connectivity index (χ3v) is 2.13.